The number of phenolic OH excluding ortho intramolecular Hbond substituents is 1. The molecule has 0 fully saturated rings. The zero-order valence-electron chi connectivity index (χ0n) is 11.0. The van der Waals surface area contributed by atoms with Crippen LogP contribution in [0.2, 0.25) is 0 Å². The topological polar surface area (TPSA) is 41.5 Å². The first-order chi connectivity index (χ1) is 8.13. The highest BCUT2D eigenvalue weighted by atomic mass is 16.5. The maximum atomic E-state index is 9.75. The van der Waals surface area contributed by atoms with Gasteiger partial charge in [0.05, 0.1) is 7.11 Å². The predicted molar refractivity (Wildman–Crippen MR) is 70.4 cm³/mol. The van der Waals surface area contributed by atoms with Gasteiger partial charge in [-0.2, -0.15) is 0 Å². The van der Waals surface area contributed by atoms with Gasteiger partial charge >= 0.3 is 0 Å². The molecule has 0 aromatic heterocycles. The Balaban J connectivity index is 2.32. The molecule has 96 valence electrons. The first-order valence-electron chi connectivity index (χ1n) is 6.20. The van der Waals surface area contributed by atoms with Gasteiger partial charge in [0.1, 0.15) is 11.5 Å². The van der Waals surface area contributed by atoms with Gasteiger partial charge in [-0.05, 0) is 31.4 Å². The summed E-state index contributed by atoms with van der Waals surface area (Å²) in [4.78, 5) is 0. The summed E-state index contributed by atoms with van der Waals surface area (Å²) in [5, 5.41) is 13.1. The van der Waals surface area contributed by atoms with Crippen molar-refractivity contribution in [2.24, 2.45) is 5.92 Å². The third-order valence-electron chi connectivity index (χ3n) is 2.74. The van der Waals surface area contributed by atoms with Crippen molar-refractivity contribution in [3.63, 3.8) is 0 Å². The molecule has 0 bridgehead atoms. The molecule has 0 aliphatic carbocycles. The predicted octanol–water partition coefficient (Wildman–Crippen LogP) is 2.93. The summed E-state index contributed by atoms with van der Waals surface area (Å²) >= 11 is 0. The lowest BCUT2D eigenvalue weighted by atomic mass is 10.1. The molecule has 0 spiro atoms. The molecule has 17 heavy (non-hydrogen) atoms. The average Bonchev–Trinajstić information content (AvgIpc) is 2.30. The highest BCUT2D eigenvalue weighted by Crippen LogP contribution is 2.23. The molecule has 0 aliphatic heterocycles. The second kappa shape index (κ2) is 7.17. The van der Waals surface area contributed by atoms with Crippen molar-refractivity contribution >= 4 is 0 Å². The van der Waals surface area contributed by atoms with Crippen LogP contribution in [-0.2, 0) is 6.54 Å². The molecule has 1 rings (SSSR count). The number of hydrogen-bond acceptors (Lipinski definition) is 3. The van der Waals surface area contributed by atoms with Crippen molar-refractivity contribution in [3.05, 3.63) is 23.8 Å². The van der Waals surface area contributed by atoms with Crippen molar-refractivity contribution in [2.75, 3.05) is 13.7 Å². The van der Waals surface area contributed by atoms with Crippen LogP contribution in [0.5, 0.6) is 11.5 Å². The summed E-state index contributed by atoms with van der Waals surface area (Å²) in [5.41, 5.74) is 0.912. The van der Waals surface area contributed by atoms with Gasteiger partial charge in [0, 0.05) is 18.2 Å². The molecule has 2 N–H and O–H groups in total. The van der Waals surface area contributed by atoms with Crippen molar-refractivity contribution < 1.29 is 9.84 Å². The van der Waals surface area contributed by atoms with Gasteiger partial charge in [0.2, 0.25) is 0 Å². The Labute approximate surface area is 104 Å². The van der Waals surface area contributed by atoms with Crippen LogP contribution in [0.1, 0.15) is 32.3 Å². The van der Waals surface area contributed by atoms with E-state index in [0.717, 1.165) is 18.0 Å². The number of phenols is 1. The average molecular weight is 237 g/mol. The SMILES string of the molecule is COc1ccc(CNCCCC(C)C)c(O)c1. The smallest absolute Gasteiger partial charge is 0.123 e. The van der Waals surface area contributed by atoms with Crippen molar-refractivity contribution in [3.8, 4) is 11.5 Å². The zero-order chi connectivity index (χ0) is 12.7. The number of rotatable bonds is 7. The Kier molecular flexibility index (Phi) is 5.84. The Morgan fingerprint density at radius 2 is 2.12 bits per heavy atom. The molecule has 0 radical (unpaired) electrons. The van der Waals surface area contributed by atoms with Crippen molar-refractivity contribution in [1.29, 1.82) is 0 Å². The molecular weight excluding hydrogens is 214 g/mol. The van der Waals surface area contributed by atoms with Gasteiger partial charge in [-0.15, -0.1) is 0 Å². The fraction of sp³-hybridized carbons (Fsp3) is 0.571. The van der Waals surface area contributed by atoms with E-state index in [2.05, 4.69) is 19.2 Å². The number of benzene rings is 1. The van der Waals surface area contributed by atoms with E-state index in [0.29, 0.717) is 18.0 Å². The van der Waals surface area contributed by atoms with Crippen LogP contribution < -0.4 is 10.1 Å². The Bertz CT molecular complexity index is 337. The Hall–Kier alpha value is -1.22. The van der Waals surface area contributed by atoms with E-state index in [1.54, 1.807) is 13.2 Å². The van der Waals surface area contributed by atoms with Crippen LogP contribution in [0.15, 0.2) is 18.2 Å². The van der Waals surface area contributed by atoms with E-state index in [9.17, 15) is 5.11 Å². The molecule has 0 aliphatic rings. The zero-order valence-corrected chi connectivity index (χ0v) is 11.0. The lowest BCUT2D eigenvalue weighted by Gasteiger charge is -2.09. The molecule has 0 atom stereocenters. The first-order valence-corrected chi connectivity index (χ1v) is 6.20. The van der Waals surface area contributed by atoms with Gasteiger partial charge in [0.25, 0.3) is 0 Å². The first kappa shape index (κ1) is 13.8. The number of aromatic hydroxyl groups is 1. The summed E-state index contributed by atoms with van der Waals surface area (Å²) in [7, 11) is 1.60. The molecule has 0 unspecified atom stereocenters. The maximum Gasteiger partial charge on any atom is 0.123 e. The fourth-order valence-corrected chi connectivity index (χ4v) is 1.68. The molecule has 3 heteroatoms. The van der Waals surface area contributed by atoms with Gasteiger partial charge in [0.15, 0.2) is 0 Å². The Morgan fingerprint density at radius 1 is 1.35 bits per heavy atom. The minimum Gasteiger partial charge on any atom is -0.507 e. The van der Waals surface area contributed by atoms with Crippen molar-refractivity contribution in [1.82, 2.24) is 5.32 Å². The van der Waals surface area contributed by atoms with Crippen LogP contribution in [0.25, 0.3) is 0 Å². The quantitative estimate of drug-likeness (QED) is 0.716. The standard InChI is InChI=1S/C14H23NO2/c1-11(2)5-4-8-15-10-12-6-7-13(17-3)9-14(12)16/h6-7,9,11,15-16H,4-5,8,10H2,1-3H3. The second-order valence-electron chi connectivity index (χ2n) is 4.71. The molecule has 1 aromatic rings. The molecule has 0 amide bonds. The van der Waals surface area contributed by atoms with E-state index in [4.69, 9.17) is 4.74 Å². The molecular formula is C14H23NO2. The van der Waals surface area contributed by atoms with E-state index in [1.807, 2.05) is 12.1 Å². The number of hydrogen-bond donors (Lipinski definition) is 2. The Morgan fingerprint density at radius 3 is 2.71 bits per heavy atom. The van der Waals surface area contributed by atoms with E-state index in [-0.39, 0.29) is 0 Å². The molecule has 0 saturated heterocycles. The monoisotopic (exact) mass is 237 g/mol. The van der Waals surface area contributed by atoms with Crippen LogP contribution in [0.3, 0.4) is 0 Å². The minimum absolute atomic E-state index is 0.292. The summed E-state index contributed by atoms with van der Waals surface area (Å²) < 4.78 is 5.04. The highest BCUT2D eigenvalue weighted by Gasteiger charge is 2.02. The second-order valence-corrected chi connectivity index (χ2v) is 4.71. The third-order valence-corrected chi connectivity index (χ3v) is 2.74. The minimum atomic E-state index is 0.292. The van der Waals surface area contributed by atoms with Crippen LogP contribution in [0.4, 0.5) is 0 Å². The van der Waals surface area contributed by atoms with Crippen molar-refractivity contribution in [2.45, 2.75) is 33.2 Å². The molecule has 1 aromatic carbocycles. The van der Waals surface area contributed by atoms with Crippen LogP contribution in [-0.4, -0.2) is 18.8 Å². The van der Waals surface area contributed by atoms with Gasteiger partial charge < -0.3 is 15.2 Å². The van der Waals surface area contributed by atoms with Crippen LogP contribution in [0, 0.1) is 5.92 Å². The third kappa shape index (κ3) is 5.09. The maximum absolute atomic E-state index is 9.75. The highest BCUT2D eigenvalue weighted by molar-refractivity contribution is 5.39. The summed E-state index contributed by atoms with van der Waals surface area (Å²) in [6, 6.07) is 5.40. The number of methoxy groups -OCH3 is 1. The molecule has 3 nitrogen and oxygen atoms in total. The molecule has 0 heterocycles. The number of ether oxygens (including phenoxy) is 1. The van der Waals surface area contributed by atoms with E-state index in [1.165, 1.54) is 12.8 Å². The lowest BCUT2D eigenvalue weighted by Crippen LogP contribution is -2.15. The summed E-state index contributed by atoms with van der Waals surface area (Å²) in [5.74, 6) is 1.73. The van der Waals surface area contributed by atoms with Gasteiger partial charge in [-0.25, -0.2) is 0 Å². The van der Waals surface area contributed by atoms with Gasteiger partial charge in [-0.1, -0.05) is 19.9 Å². The molecule has 0 saturated carbocycles. The fourth-order valence-electron chi connectivity index (χ4n) is 1.68. The van der Waals surface area contributed by atoms with Gasteiger partial charge in [-0.3, -0.25) is 0 Å². The summed E-state index contributed by atoms with van der Waals surface area (Å²) in [6.45, 7) is 6.15. The normalized spacial score (nSPS) is 10.8. The lowest BCUT2D eigenvalue weighted by molar-refractivity contribution is 0.405. The summed E-state index contributed by atoms with van der Waals surface area (Å²) in [6.07, 6.45) is 2.41. The van der Waals surface area contributed by atoms with Crippen LogP contribution >= 0.6 is 0 Å². The van der Waals surface area contributed by atoms with E-state index < -0.39 is 0 Å². The number of nitrogens with one attached hydrogen (secondary N) is 1. The van der Waals surface area contributed by atoms with E-state index >= 15 is 0 Å². The largest absolute Gasteiger partial charge is 0.507 e.